The van der Waals surface area contributed by atoms with Crippen molar-refractivity contribution in [2.45, 2.75) is 26.2 Å². The number of nitrogens with two attached hydrogens (primary N) is 1. The number of hydrogen-bond acceptors (Lipinski definition) is 1. The van der Waals surface area contributed by atoms with Crippen LogP contribution in [0.1, 0.15) is 26.2 Å². The van der Waals surface area contributed by atoms with Crippen LogP contribution in [0.15, 0.2) is 0 Å². The highest BCUT2D eigenvalue weighted by molar-refractivity contribution is 6.18. The molecular formula is C7H14ClNO. The molecule has 0 fully saturated rings. The van der Waals surface area contributed by atoms with Crippen LogP contribution in [-0.4, -0.2) is 11.8 Å². The normalized spacial score (nSPS) is 13.0. The maximum Gasteiger partial charge on any atom is 0.217 e. The molecule has 0 rings (SSSR count). The van der Waals surface area contributed by atoms with Crippen molar-refractivity contribution in [2.24, 2.45) is 11.7 Å². The molecule has 2 nitrogen and oxygen atoms in total. The summed E-state index contributed by atoms with van der Waals surface area (Å²) in [6, 6.07) is 0. The van der Waals surface area contributed by atoms with Gasteiger partial charge < -0.3 is 5.73 Å². The van der Waals surface area contributed by atoms with E-state index in [0.717, 1.165) is 12.8 Å². The van der Waals surface area contributed by atoms with E-state index in [-0.39, 0.29) is 11.8 Å². The summed E-state index contributed by atoms with van der Waals surface area (Å²) in [5.74, 6) is 0.569. The van der Waals surface area contributed by atoms with Crippen LogP contribution in [-0.2, 0) is 4.79 Å². The zero-order chi connectivity index (χ0) is 7.98. The molecule has 0 heterocycles. The zero-order valence-electron chi connectivity index (χ0n) is 6.27. The lowest BCUT2D eigenvalue weighted by molar-refractivity contribution is -0.118. The maximum atomic E-state index is 10.4. The van der Waals surface area contributed by atoms with Crippen LogP contribution in [0.2, 0.25) is 0 Å². The van der Waals surface area contributed by atoms with Crippen molar-refractivity contribution in [3.05, 3.63) is 0 Å². The average Bonchev–Trinajstić information content (AvgIpc) is 1.86. The summed E-state index contributed by atoms with van der Waals surface area (Å²) >= 11 is 5.58. The molecule has 1 atom stereocenters. The van der Waals surface area contributed by atoms with Gasteiger partial charge in [0, 0.05) is 12.3 Å². The fraction of sp³-hybridized carbons (Fsp3) is 0.857. The first-order valence-electron chi connectivity index (χ1n) is 3.55. The average molecular weight is 164 g/mol. The van der Waals surface area contributed by atoms with Crippen molar-refractivity contribution in [2.75, 3.05) is 5.88 Å². The molecular weight excluding hydrogens is 150 g/mol. The van der Waals surface area contributed by atoms with Gasteiger partial charge in [0.15, 0.2) is 0 Å². The van der Waals surface area contributed by atoms with Gasteiger partial charge >= 0.3 is 0 Å². The van der Waals surface area contributed by atoms with E-state index in [9.17, 15) is 4.79 Å². The first-order chi connectivity index (χ1) is 4.70. The summed E-state index contributed by atoms with van der Waals surface area (Å²) in [5, 5.41) is 0. The second-order valence-electron chi connectivity index (χ2n) is 2.48. The molecule has 0 aliphatic rings. The molecule has 0 aromatic heterocycles. The lowest BCUT2D eigenvalue weighted by Gasteiger charge is -2.08. The van der Waals surface area contributed by atoms with E-state index in [2.05, 4.69) is 6.92 Å². The Morgan fingerprint density at radius 1 is 1.70 bits per heavy atom. The molecule has 3 heteroatoms. The predicted molar refractivity (Wildman–Crippen MR) is 42.9 cm³/mol. The molecule has 1 unspecified atom stereocenters. The molecule has 0 aliphatic carbocycles. The quantitative estimate of drug-likeness (QED) is 0.614. The van der Waals surface area contributed by atoms with Gasteiger partial charge in [-0.1, -0.05) is 13.3 Å². The van der Waals surface area contributed by atoms with Gasteiger partial charge in [0.05, 0.1) is 0 Å². The van der Waals surface area contributed by atoms with Crippen molar-refractivity contribution in [3.8, 4) is 0 Å². The van der Waals surface area contributed by atoms with Gasteiger partial charge in [0.25, 0.3) is 0 Å². The summed E-state index contributed by atoms with van der Waals surface area (Å²) < 4.78 is 0. The Kier molecular flexibility index (Phi) is 5.40. The van der Waals surface area contributed by atoms with E-state index in [4.69, 9.17) is 17.3 Å². The molecule has 0 radical (unpaired) electrons. The number of halogens is 1. The van der Waals surface area contributed by atoms with Gasteiger partial charge in [-0.05, 0) is 12.3 Å². The highest BCUT2D eigenvalue weighted by atomic mass is 35.5. The monoisotopic (exact) mass is 163 g/mol. The van der Waals surface area contributed by atoms with Gasteiger partial charge in [0.2, 0.25) is 5.91 Å². The summed E-state index contributed by atoms with van der Waals surface area (Å²) in [4.78, 5) is 10.4. The van der Waals surface area contributed by atoms with Gasteiger partial charge in [-0.3, -0.25) is 4.79 Å². The Labute approximate surface area is 66.7 Å². The second-order valence-corrected chi connectivity index (χ2v) is 2.79. The number of rotatable bonds is 5. The van der Waals surface area contributed by atoms with Crippen molar-refractivity contribution in [1.29, 1.82) is 0 Å². The number of primary amides is 1. The third-order valence-corrected chi connectivity index (χ3v) is 1.84. The Morgan fingerprint density at radius 3 is 2.60 bits per heavy atom. The number of carbonyl (C=O) groups is 1. The summed E-state index contributed by atoms with van der Waals surface area (Å²) in [6.45, 7) is 2.07. The van der Waals surface area contributed by atoms with Crippen LogP contribution >= 0.6 is 11.6 Å². The van der Waals surface area contributed by atoms with Gasteiger partial charge in [-0.15, -0.1) is 11.6 Å². The Hall–Kier alpha value is -0.240. The summed E-state index contributed by atoms with van der Waals surface area (Å²) in [5.41, 5.74) is 5.00. The molecule has 0 bridgehead atoms. The molecule has 0 aromatic carbocycles. The summed E-state index contributed by atoms with van der Waals surface area (Å²) in [6.07, 6.45) is 2.48. The van der Waals surface area contributed by atoms with Crippen LogP contribution in [0.4, 0.5) is 0 Å². The van der Waals surface area contributed by atoms with E-state index < -0.39 is 0 Å². The third kappa shape index (κ3) is 4.62. The van der Waals surface area contributed by atoms with Gasteiger partial charge in [0.1, 0.15) is 0 Å². The largest absolute Gasteiger partial charge is 0.370 e. The topological polar surface area (TPSA) is 43.1 Å². The molecule has 10 heavy (non-hydrogen) atoms. The van der Waals surface area contributed by atoms with E-state index in [1.807, 2.05) is 0 Å². The number of alkyl halides is 1. The molecule has 0 aromatic rings. The minimum absolute atomic E-state index is 0.251. The first kappa shape index (κ1) is 9.76. The Balaban J connectivity index is 3.49. The van der Waals surface area contributed by atoms with Gasteiger partial charge in [-0.25, -0.2) is 0 Å². The lowest BCUT2D eigenvalue weighted by Crippen LogP contribution is -2.17. The van der Waals surface area contributed by atoms with E-state index in [1.54, 1.807) is 0 Å². The third-order valence-electron chi connectivity index (χ3n) is 1.41. The van der Waals surface area contributed by atoms with E-state index in [1.165, 1.54) is 0 Å². The van der Waals surface area contributed by atoms with Crippen molar-refractivity contribution in [1.82, 2.24) is 0 Å². The number of carbonyl (C=O) groups excluding carboxylic acids is 1. The van der Waals surface area contributed by atoms with Crippen LogP contribution in [0.25, 0.3) is 0 Å². The molecule has 60 valence electrons. The number of hydrogen-bond donors (Lipinski definition) is 1. The molecule has 1 amide bonds. The Morgan fingerprint density at radius 2 is 2.30 bits per heavy atom. The highest BCUT2D eigenvalue weighted by Crippen LogP contribution is 2.11. The van der Waals surface area contributed by atoms with Gasteiger partial charge in [-0.2, -0.15) is 0 Å². The predicted octanol–water partition coefficient (Wildman–Crippen LogP) is 1.52. The maximum absolute atomic E-state index is 10.4. The molecule has 0 saturated carbocycles. The fourth-order valence-electron chi connectivity index (χ4n) is 0.927. The van der Waals surface area contributed by atoms with E-state index in [0.29, 0.717) is 12.3 Å². The highest BCUT2D eigenvalue weighted by Gasteiger charge is 2.08. The first-order valence-corrected chi connectivity index (χ1v) is 4.08. The molecule has 0 saturated heterocycles. The van der Waals surface area contributed by atoms with Crippen LogP contribution in [0, 0.1) is 5.92 Å². The minimum atomic E-state index is -0.251. The van der Waals surface area contributed by atoms with Crippen LogP contribution < -0.4 is 5.73 Å². The summed E-state index contributed by atoms with van der Waals surface area (Å²) in [7, 11) is 0. The lowest BCUT2D eigenvalue weighted by atomic mass is 10.0. The van der Waals surface area contributed by atoms with E-state index >= 15 is 0 Å². The Bertz CT molecular complexity index is 106. The zero-order valence-corrected chi connectivity index (χ0v) is 7.03. The second kappa shape index (κ2) is 5.54. The molecule has 2 N–H and O–H groups in total. The smallest absolute Gasteiger partial charge is 0.217 e. The molecule has 0 spiro atoms. The molecule has 0 aliphatic heterocycles. The van der Waals surface area contributed by atoms with Crippen molar-refractivity contribution in [3.63, 3.8) is 0 Å². The fourth-order valence-corrected chi connectivity index (χ4v) is 1.19. The SMILES string of the molecule is CCCC(CCl)CC(N)=O. The van der Waals surface area contributed by atoms with Crippen LogP contribution in [0.5, 0.6) is 0 Å². The van der Waals surface area contributed by atoms with Crippen LogP contribution in [0.3, 0.4) is 0 Å². The standard InChI is InChI=1S/C7H14ClNO/c1-2-3-6(5-8)4-7(9)10/h6H,2-5H2,1H3,(H2,9,10). The minimum Gasteiger partial charge on any atom is -0.370 e. The van der Waals surface area contributed by atoms with Crippen molar-refractivity contribution >= 4 is 17.5 Å². The van der Waals surface area contributed by atoms with Crippen molar-refractivity contribution < 1.29 is 4.79 Å². The number of amides is 1.